The first kappa shape index (κ1) is 14.7. The summed E-state index contributed by atoms with van der Waals surface area (Å²) in [7, 11) is -4.23. The Balaban J connectivity index is 2.93. The molecule has 0 heterocycles. The minimum atomic E-state index is -4.23. The SMILES string of the molecule is CC(C)C(=O)CNS(=O)(=O)c1cc(F)ccc1F. The van der Waals surface area contributed by atoms with Gasteiger partial charge in [-0.05, 0) is 18.2 Å². The lowest BCUT2D eigenvalue weighted by atomic mass is 10.1. The number of benzene rings is 1. The molecule has 0 unspecified atom stereocenters. The predicted molar refractivity (Wildman–Crippen MR) is 61.4 cm³/mol. The molecule has 0 saturated heterocycles. The number of sulfonamides is 1. The lowest BCUT2D eigenvalue weighted by Gasteiger charge is -2.08. The van der Waals surface area contributed by atoms with Crippen LogP contribution in [-0.2, 0) is 14.8 Å². The van der Waals surface area contributed by atoms with Crippen molar-refractivity contribution in [2.24, 2.45) is 5.92 Å². The summed E-state index contributed by atoms with van der Waals surface area (Å²) in [6, 6.07) is 2.10. The first-order valence-corrected chi connectivity index (χ1v) is 6.70. The van der Waals surface area contributed by atoms with Crippen LogP contribution in [0.1, 0.15) is 13.8 Å². The monoisotopic (exact) mass is 277 g/mol. The Kier molecular flexibility index (Phi) is 4.53. The number of carbonyl (C=O) groups is 1. The van der Waals surface area contributed by atoms with Crippen LogP contribution in [-0.4, -0.2) is 20.7 Å². The van der Waals surface area contributed by atoms with Gasteiger partial charge >= 0.3 is 0 Å². The second-order valence-electron chi connectivity index (χ2n) is 4.02. The molecule has 0 aliphatic rings. The number of halogens is 2. The zero-order valence-corrected chi connectivity index (χ0v) is 10.7. The Morgan fingerprint density at radius 3 is 2.50 bits per heavy atom. The normalized spacial score (nSPS) is 11.8. The predicted octanol–water partition coefficient (Wildman–Crippen LogP) is 1.47. The molecule has 18 heavy (non-hydrogen) atoms. The minimum Gasteiger partial charge on any atom is -0.298 e. The lowest BCUT2D eigenvalue weighted by Crippen LogP contribution is -2.32. The van der Waals surface area contributed by atoms with E-state index in [9.17, 15) is 22.0 Å². The Hall–Kier alpha value is -1.34. The van der Waals surface area contributed by atoms with E-state index in [0.29, 0.717) is 12.1 Å². The summed E-state index contributed by atoms with van der Waals surface area (Å²) >= 11 is 0. The van der Waals surface area contributed by atoms with E-state index < -0.39 is 33.1 Å². The Labute approximate surface area is 104 Å². The van der Waals surface area contributed by atoms with E-state index in [4.69, 9.17) is 0 Å². The minimum absolute atomic E-state index is 0.338. The van der Waals surface area contributed by atoms with Crippen LogP contribution in [0.25, 0.3) is 0 Å². The van der Waals surface area contributed by atoms with E-state index in [-0.39, 0.29) is 11.7 Å². The van der Waals surface area contributed by atoms with Gasteiger partial charge < -0.3 is 0 Å². The van der Waals surface area contributed by atoms with Gasteiger partial charge in [0.15, 0.2) is 0 Å². The first-order valence-electron chi connectivity index (χ1n) is 5.21. The highest BCUT2D eigenvalue weighted by Crippen LogP contribution is 2.15. The van der Waals surface area contributed by atoms with Crippen molar-refractivity contribution < 1.29 is 22.0 Å². The van der Waals surface area contributed by atoms with Crippen LogP contribution in [0.15, 0.2) is 23.1 Å². The zero-order valence-electron chi connectivity index (χ0n) is 9.91. The Bertz CT molecular complexity index is 555. The van der Waals surface area contributed by atoms with Crippen LogP contribution in [0, 0.1) is 17.6 Å². The first-order chi connectivity index (χ1) is 8.24. The fraction of sp³-hybridized carbons (Fsp3) is 0.364. The van der Waals surface area contributed by atoms with Crippen LogP contribution < -0.4 is 4.72 Å². The highest BCUT2D eigenvalue weighted by atomic mass is 32.2. The number of carbonyl (C=O) groups excluding carboxylic acids is 1. The van der Waals surface area contributed by atoms with Gasteiger partial charge in [0.1, 0.15) is 22.3 Å². The summed E-state index contributed by atoms with van der Waals surface area (Å²) in [4.78, 5) is 10.5. The van der Waals surface area contributed by atoms with Crippen molar-refractivity contribution in [2.75, 3.05) is 6.54 Å². The molecule has 0 fully saturated rings. The van der Waals surface area contributed by atoms with Crippen LogP contribution in [0.2, 0.25) is 0 Å². The summed E-state index contributed by atoms with van der Waals surface area (Å²) in [6.07, 6.45) is 0. The van der Waals surface area contributed by atoms with Gasteiger partial charge in [0.25, 0.3) is 0 Å². The third-order valence-corrected chi connectivity index (χ3v) is 3.68. The molecule has 0 amide bonds. The molecule has 1 rings (SSSR count). The average Bonchev–Trinajstić information content (AvgIpc) is 2.29. The van der Waals surface area contributed by atoms with Gasteiger partial charge in [0, 0.05) is 5.92 Å². The van der Waals surface area contributed by atoms with Gasteiger partial charge in [0.05, 0.1) is 6.54 Å². The van der Waals surface area contributed by atoms with Gasteiger partial charge in [0.2, 0.25) is 10.0 Å². The fourth-order valence-corrected chi connectivity index (χ4v) is 2.21. The molecular weight excluding hydrogens is 264 g/mol. The van der Waals surface area contributed by atoms with E-state index >= 15 is 0 Å². The van der Waals surface area contributed by atoms with E-state index in [0.717, 1.165) is 6.07 Å². The molecule has 0 aliphatic carbocycles. The van der Waals surface area contributed by atoms with Crippen molar-refractivity contribution in [3.8, 4) is 0 Å². The Morgan fingerprint density at radius 2 is 1.94 bits per heavy atom. The van der Waals surface area contributed by atoms with Crippen LogP contribution in [0.5, 0.6) is 0 Å². The van der Waals surface area contributed by atoms with E-state index in [1.807, 2.05) is 4.72 Å². The maximum atomic E-state index is 13.3. The molecule has 1 aromatic rings. The number of ketones is 1. The molecule has 0 radical (unpaired) electrons. The second kappa shape index (κ2) is 5.53. The maximum absolute atomic E-state index is 13.3. The number of Topliss-reactive ketones (excluding diaryl/α,β-unsaturated/α-hetero) is 1. The van der Waals surface area contributed by atoms with Gasteiger partial charge in [-0.3, -0.25) is 4.79 Å². The summed E-state index contributed by atoms with van der Waals surface area (Å²) in [6.45, 7) is 2.77. The average molecular weight is 277 g/mol. The van der Waals surface area contributed by atoms with E-state index in [2.05, 4.69) is 0 Å². The number of hydrogen-bond donors (Lipinski definition) is 1. The molecule has 7 heteroatoms. The lowest BCUT2D eigenvalue weighted by molar-refractivity contribution is -0.120. The highest BCUT2D eigenvalue weighted by molar-refractivity contribution is 7.89. The van der Waals surface area contributed by atoms with Crippen LogP contribution >= 0.6 is 0 Å². The zero-order chi connectivity index (χ0) is 13.9. The smallest absolute Gasteiger partial charge is 0.243 e. The molecule has 0 atom stereocenters. The molecule has 0 bridgehead atoms. The summed E-state index contributed by atoms with van der Waals surface area (Å²) < 4.78 is 51.4. The molecule has 0 aliphatic heterocycles. The standard InChI is InChI=1S/C11H13F2NO3S/c1-7(2)10(15)6-14-18(16,17)11-5-8(12)3-4-9(11)13/h3-5,7,14H,6H2,1-2H3. The maximum Gasteiger partial charge on any atom is 0.243 e. The molecule has 0 spiro atoms. The van der Waals surface area contributed by atoms with Crippen molar-refractivity contribution in [3.05, 3.63) is 29.8 Å². The topological polar surface area (TPSA) is 63.2 Å². The highest BCUT2D eigenvalue weighted by Gasteiger charge is 2.21. The van der Waals surface area contributed by atoms with Gasteiger partial charge in [-0.1, -0.05) is 13.8 Å². The van der Waals surface area contributed by atoms with Crippen LogP contribution in [0.4, 0.5) is 8.78 Å². The fourth-order valence-electron chi connectivity index (χ4n) is 1.13. The Morgan fingerprint density at radius 1 is 1.33 bits per heavy atom. The number of rotatable bonds is 5. The summed E-state index contributed by atoms with van der Waals surface area (Å²) in [5.74, 6) is -2.62. The quantitative estimate of drug-likeness (QED) is 0.886. The second-order valence-corrected chi connectivity index (χ2v) is 5.76. The molecule has 1 N–H and O–H groups in total. The van der Waals surface area contributed by atoms with Gasteiger partial charge in [-0.25, -0.2) is 21.9 Å². The summed E-state index contributed by atoms with van der Waals surface area (Å²) in [5, 5.41) is 0. The van der Waals surface area contributed by atoms with Gasteiger partial charge in [-0.2, -0.15) is 0 Å². The molecule has 1 aromatic carbocycles. The van der Waals surface area contributed by atoms with Crippen molar-refractivity contribution in [3.63, 3.8) is 0 Å². The molecule has 0 saturated carbocycles. The molecule has 0 aromatic heterocycles. The molecular formula is C11H13F2NO3S. The van der Waals surface area contributed by atoms with Crippen molar-refractivity contribution in [1.29, 1.82) is 0 Å². The molecule has 4 nitrogen and oxygen atoms in total. The molecule has 100 valence electrons. The van der Waals surface area contributed by atoms with Crippen molar-refractivity contribution in [2.45, 2.75) is 18.7 Å². The van der Waals surface area contributed by atoms with Crippen molar-refractivity contribution >= 4 is 15.8 Å². The number of nitrogens with one attached hydrogen (secondary N) is 1. The largest absolute Gasteiger partial charge is 0.298 e. The van der Waals surface area contributed by atoms with Crippen molar-refractivity contribution in [1.82, 2.24) is 4.72 Å². The third-order valence-electron chi connectivity index (χ3n) is 2.26. The number of hydrogen-bond acceptors (Lipinski definition) is 3. The van der Waals surface area contributed by atoms with Crippen LogP contribution in [0.3, 0.4) is 0 Å². The summed E-state index contributed by atoms with van der Waals surface area (Å²) in [5.41, 5.74) is 0. The third kappa shape index (κ3) is 3.58. The van der Waals surface area contributed by atoms with E-state index in [1.54, 1.807) is 13.8 Å². The van der Waals surface area contributed by atoms with E-state index in [1.165, 1.54) is 0 Å². The van der Waals surface area contributed by atoms with Gasteiger partial charge in [-0.15, -0.1) is 0 Å².